The lowest BCUT2D eigenvalue weighted by Gasteiger charge is -2.02. The van der Waals surface area contributed by atoms with E-state index in [1.54, 1.807) is 19.2 Å². The second kappa shape index (κ2) is 6.70. The Morgan fingerprint density at radius 2 is 2.07 bits per heavy atom. The van der Waals surface area contributed by atoms with Crippen LogP contribution in [-0.4, -0.2) is 17.6 Å². The van der Waals surface area contributed by atoms with Crippen molar-refractivity contribution in [2.24, 2.45) is 4.99 Å². The molecule has 1 amide bonds. The maximum absolute atomic E-state index is 12.8. The van der Waals surface area contributed by atoms with Gasteiger partial charge in [-0.2, -0.15) is 4.99 Å². The van der Waals surface area contributed by atoms with Crippen LogP contribution < -0.4 is 9.54 Å². The molecule has 5 nitrogen and oxygen atoms in total. The van der Waals surface area contributed by atoms with Crippen LogP contribution >= 0.6 is 11.3 Å². The molecule has 2 aromatic heterocycles. The molecule has 27 heavy (non-hydrogen) atoms. The van der Waals surface area contributed by atoms with E-state index < -0.39 is 5.91 Å². The van der Waals surface area contributed by atoms with Crippen molar-refractivity contribution < 1.29 is 13.9 Å². The largest absolute Gasteiger partial charge is 0.493 e. The van der Waals surface area contributed by atoms with Crippen LogP contribution in [0.1, 0.15) is 28.6 Å². The minimum absolute atomic E-state index is 0.211. The molecule has 4 rings (SSSR count). The standard InChI is InChI=1S/C21H20N2O3S/c1-5-23-15-10-12(2)9-13(3)19(15)27-21(23)22-20(24)17-11-14-7-6-8-16(25-4)18(14)26-17/h6-11H,5H2,1-4H3. The van der Waals surface area contributed by atoms with Gasteiger partial charge in [0.25, 0.3) is 0 Å². The highest BCUT2D eigenvalue weighted by Crippen LogP contribution is 2.29. The first kappa shape index (κ1) is 17.5. The molecule has 0 bridgehead atoms. The quantitative estimate of drug-likeness (QED) is 0.511. The predicted molar refractivity (Wildman–Crippen MR) is 108 cm³/mol. The van der Waals surface area contributed by atoms with Gasteiger partial charge in [-0.1, -0.05) is 29.5 Å². The van der Waals surface area contributed by atoms with E-state index >= 15 is 0 Å². The molecule has 0 saturated carbocycles. The number of hydrogen-bond acceptors (Lipinski definition) is 4. The maximum Gasteiger partial charge on any atom is 0.315 e. The average Bonchev–Trinajstić information content (AvgIpc) is 3.22. The van der Waals surface area contributed by atoms with Gasteiger partial charge >= 0.3 is 5.91 Å². The van der Waals surface area contributed by atoms with E-state index in [0.29, 0.717) is 16.1 Å². The Balaban J connectivity index is 1.86. The van der Waals surface area contributed by atoms with Crippen molar-refractivity contribution in [3.63, 3.8) is 0 Å². The summed E-state index contributed by atoms with van der Waals surface area (Å²) in [7, 11) is 1.58. The Hall–Kier alpha value is -2.86. The topological polar surface area (TPSA) is 56.7 Å². The van der Waals surface area contributed by atoms with Crippen molar-refractivity contribution in [1.29, 1.82) is 0 Å². The average molecular weight is 380 g/mol. The molecule has 0 radical (unpaired) electrons. The number of furan rings is 1. The fraction of sp³-hybridized carbons (Fsp3) is 0.238. The number of fused-ring (bicyclic) bond motifs is 2. The fourth-order valence-corrected chi connectivity index (χ4v) is 4.49. The molecule has 0 N–H and O–H groups in total. The van der Waals surface area contributed by atoms with Gasteiger partial charge in [-0.05, 0) is 50.1 Å². The minimum atomic E-state index is -0.392. The molecule has 0 aliphatic carbocycles. The zero-order valence-corrected chi connectivity index (χ0v) is 16.5. The summed E-state index contributed by atoms with van der Waals surface area (Å²) in [5.41, 5.74) is 4.06. The highest BCUT2D eigenvalue weighted by Gasteiger charge is 2.16. The van der Waals surface area contributed by atoms with Gasteiger partial charge in [-0.25, -0.2) is 0 Å². The lowest BCUT2D eigenvalue weighted by Crippen LogP contribution is -2.15. The normalized spacial score (nSPS) is 12.2. The number of carbonyl (C=O) groups excluding carboxylic acids is 1. The van der Waals surface area contributed by atoms with Crippen LogP contribution in [-0.2, 0) is 6.54 Å². The molecule has 4 aromatic rings. The molecule has 138 valence electrons. The molecule has 0 spiro atoms. The second-order valence-electron chi connectivity index (χ2n) is 6.47. The van der Waals surface area contributed by atoms with Gasteiger partial charge in [0.05, 0.1) is 17.3 Å². The number of nitrogens with zero attached hydrogens (tertiary/aromatic N) is 2. The molecule has 2 heterocycles. The molecule has 0 atom stereocenters. The summed E-state index contributed by atoms with van der Waals surface area (Å²) in [6.45, 7) is 6.96. The van der Waals surface area contributed by atoms with Gasteiger partial charge in [0.2, 0.25) is 0 Å². The van der Waals surface area contributed by atoms with E-state index in [1.807, 2.05) is 12.1 Å². The van der Waals surface area contributed by atoms with Crippen molar-refractivity contribution in [2.75, 3.05) is 7.11 Å². The number of thiazole rings is 1. The third-order valence-electron chi connectivity index (χ3n) is 4.57. The van der Waals surface area contributed by atoms with Crippen molar-refractivity contribution >= 4 is 38.4 Å². The summed E-state index contributed by atoms with van der Waals surface area (Å²) >= 11 is 1.53. The summed E-state index contributed by atoms with van der Waals surface area (Å²) in [6.07, 6.45) is 0. The van der Waals surface area contributed by atoms with E-state index in [0.717, 1.165) is 22.1 Å². The van der Waals surface area contributed by atoms with E-state index in [4.69, 9.17) is 9.15 Å². The van der Waals surface area contributed by atoms with Gasteiger partial charge in [-0.3, -0.25) is 4.79 Å². The third-order valence-corrected chi connectivity index (χ3v) is 5.80. The molecule has 0 fully saturated rings. The second-order valence-corrected chi connectivity index (χ2v) is 7.44. The van der Waals surface area contributed by atoms with Crippen LogP contribution in [0, 0.1) is 13.8 Å². The maximum atomic E-state index is 12.8. The Kier molecular flexibility index (Phi) is 4.36. The number of rotatable bonds is 3. The number of benzene rings is 2. The Bertz CT molecular complexity index is 1240. The molecular formula is C21H20N2O3S. The number of methoxy groups -OCH3 is 1. The summed E-state index contributed by atoms with van der Waals surface area (Å²) in [4.78, 5) is 17.8. The van der Waals surface area contributed by atoms with E-state index in [1.165, 1.54) is 22.5 Å². The highest BCUT2D eigenvalue weighted by atomic mass is 32.1. The molecule has 0 unspecified atom stereocenters. The van der Waals surface area contributed by atoms with Gasteiger partial charge in [-0.15, -0.1) is 0 Å². The SMILES string of the molecule is CCn1c(=NC(=O)c2cc3cccc(OC)c3o2)sc2c(C)cc(C)cc21. The van der Waals surface area contributed by atoms with Crippen molar-refractivity contribution in [1.82, 2.24) is 4.57 Å². The van der Waals surface area contributed by atoms with Gasteiger partial charge in [0, 0.05) is 11.9 Å². The number of carbonyl (C=O) groups is 1. The van der Waals surface area contributed by atoms with Gasteiger partial charge < -0.3 is 13.7 Å². The predicted octanol–water partition coefficient (Wildman–Crippen LogP) is 4.84. The van der Waals surface area contributed by atoms with Crippen LogP contribution in [0.2, 0.25) is 0 Å². The molecule has 0 aliphatic heterocycles. The Morgan fingerprint density at radius 3 is 2.81 bits per heavy atom. The van der Waals surface area contributed by atoms with Crippen LogP contribution in [0.25, 0.3) is 21.2 Å². The minimum Gasteiger partial charge on any atom is -0.493 e. The zero-order valence-electron chi connectivity index (χ0n) is 15.7. The van der Waals surface area contributed by atoms with E-state index in [-0.39, 0.29) is 5.76 Å². The number of aryl methyl sites for hydroxylation is 3. The third kappa shape index (κ3) is 2.96. The van der Waals surface area contributed by atoms with Crippen LogP contribution in [0.15, 0.2) is 45.8 Å². The summed E-state index contributed by atoms with van der Waals surface area (Å²) < 4.78 is 14.3. The molecule has 0 aliphatic rings. The van der Waals surface area contributed by atoms with Gasteiger partial charge in [0.1, 0.15) is 0 Å². The number of ether oxygens (including phenoxy) is 1. The summed E-state index contributed by atoms with van der Waals surface area (Å²) in [6, 6.07) is 11.6. The first-order valence-corrected chi connectivity index (χ1v) is 9.59. The first-order chi connectivity index (χ1) is 13.0. The Morgan fingerprint density at radius 1 is 1.26 bits per heavy atom. The number of aromatic nitrogens is 1. The number of hydrogen-bond donors (Lipinski definition) is 0. The smallest absolute Gasteiger partial charge is 0.315 e. The highest BCUT2D eigenvalue weighted by molar-refractivity contribution is 7.16. The molecular weight excluding hydrogens is 360 g/mol. The van der Waals surface area contributed by atoms with Gasteiger partial charge in [0.15, 0.2) is 21.9 Å². The Labute approximate surface area is 160 Å². The molecule has 0 saturated heterocycles. The lowest BCUT2D eigenvalue weighted by molar-refractivity contribution is 0.0973. The zero-order chi connectivity index (χ0) is 19.1. The summed E-state index contributed by atoms with van der Waals surface area (Å²) in [5.74, 6) is 0.419. The van der Waals surface area contributed by atoms with Crippen molar-refractivity contribution in [2.45, 2.75) is 27.3 Å². The van der Waals surface area contributed by atoms with Crippen LogP contribution in [0.5, 0.6) is 5.75 Å². The summed E-state index contributed by atoms with van der Waals surface area (Å²) in [5, 5.41) is 0.819. The van der Waals surface area contributed by atoms with Crippen molar-refractivity contribution in [3.8, 4) is 5.75 Å². The van der Waals surface area contributed by atoms with Crippen LogP contribution in [0.4, 0.5) is 0 Å². The van der Waals surface area contributed by atoms with Crippen LogP contribution in [0.3, 0.4) is 0 Å². The first-order valence-electron chi connectivity index (χ1n) is 8.78. The molecule has 2 aromatic carbocycles. The van der Waals surface area contributed by atoms with E-state index in [9.17, 15) is 4.79 Å². The lowest BCUT2D eigenvalue weighted by atomic mass is 10.1. The fourth-order valence-electron chi connectivity index (χ4n) is 3.35. The number of para-hydroxylation sites is 1. The van der Waals surface area contributed by atoms with E-state index in [2.05, 4.69) is 42.5 Å². The monoisotopic (exact) mass is 380 g/mol. The molecule has 6 heteroatoms. The number of amides is 1. The van der Waals surface area contributed by atoms with Crippen molar-refractivity contribution in [3.05, 3.63) is 58.1 Å².